The maximum absolute atomic E-state index is 13.1. The summed E-state index contributed by atoms with van der Waals surface area (Å²) < 4.78 is 27.3. The lowest BCUT2D eigenvalue weighted by Crippen LogP contribution is -2.47. The monoisotopic (exact) mass is 446 g/mol. The first-order chi connectivity index (χ1) is 12.9. The van der Waals surface area contributed by atoms with Gasteiger partial charge in [0.15, 0.2) is 0 Å². The van der Waals surface area contributed by atoms with Crippen LogP contribution in [0.5, 0.6) is 0 Å². The van der Waals surface area contributed by atoms with Crippen LogP contribution in [0, 0.1) is 0 Å². The number of benzene rings is 2. The summed E-state index contributed by atoms with van der Waals surface area (Å²) in [6, 6.07) is 12.0. The number of aliphatic hydroxyl groups is 2. The third-order valence-electron chi connectivity index (χ3n) is 4.08. The summed E-state index contributed by atoms with van der Waals surface area (Å²) in [6.45, 7) is 2.42. The van der Waals surface area contributed by atoms with Crippen LogP contribution in [0.1, 0.15) is 25.5 Å². The molecule has 2 atom stereocenters. The molecule has 0 amide bonds. The van der Waals surface area contributed by atoms with Crippen molar-refractivity contribution in [2.24, 2.45) is 5.73 Å². The van der Waals surface area contributed by atoms with Crippen molar-refractivity contribution in [2.45, 2.75) is 36.5 Å². The Morgan fingerprint density at radius 1 is 1.11 bits per heavy atom. The molecule has 2 aromatic rings. The van der Waals surface area contributed by atoms with E-state index in [1.165, 1.54) is 32.0 Å². The van der Waals surface area contributed by atoms with E-state index in [4.69, 9.17) is 28.9 Å². The lowest BCUT2D eigenvalue weighted by molar-refractivity contribution is 0.0428. The lowest BCUT2D eigenvalue weighted by Gasteiger charge is -2.31. The molecule has 0 radical (unpaired) electrons. The molecule has 0 aromatic heterocycles. The van der Waals surface area contributed by atoms with Gasteiger partial charge in [0.2, 0.25) is 10.0 Å². The van der Waals surface area contributed by atoms with E-state index < -0.39 is 27.8 Å². The Morgan fingerprint density at radius 3 is 2.25 bits per heavy atom. The average Bonchev–Trinajstić information content (AvgIpc) is 2.62. The molecule has 2 rings (SSSR count). The average molecular weight is 447 g/mol. The zero-order chi connectivity index (χ0) is 21.1. The summed E-state index contributed by atoms with van der Waals surface area (Å²) in [5, 5.41) is 21.1. The van der Waals surface area contributed by atoms with Crippen LogP contribution in [0.2, 0.25) is 10.0 Å². The third-order valence-corrected chi connectivity index (χ3v) is 6.63. The molecule has 0 aliphatic heterocycles. The van der Waals surface area contributed by atoms with Crippen LogP contribution < -0.4 is 5.73 Å². The van der Waals surface area contributed by atoms with Crippen LogP contribution >= 0.6 is 23.2 Å². The molecule has 0 unspecified atom stereocenters. The second-order valence-electron chi connectivity index (χ2n) is 7.19. The Morgan fingerprint density at radius 2 is 1.71 bits per heavy atom. The van der Waals surface area contributed by atoms with E-state index in [0.717, 1.165) is 4.31 Å². The van der Waals surface area contributed by atoms with Gasteiger partial charge in [-0.25, -0.2) is 8.42 Å². The van der Waals surface area contributed by atoms with Gasteiger partial charge in [-0.2, -0.15) is 4.31 Å². The van der Waals surface area contributed by atoms with Crippen molar-refractivity contribution in [3.05, 3.63) is 64.1 Å². The number of hydrogen-bond acceptors (Lipinski definition) is 5. The van der Waals surface area contributed by atoms with Crippen molar-refractivity contribution < 1.29 is 18.6 Å². The summed E-state index contributed by atoms with van der Waals surface area (Å²) in [5.74, 6) is 0. The number of aliphatic hydroxyl groups excluding tert-OH is 1. The third kappa shape index (κ3) is 5.90. The fraction of sp³-hybridized carbons (Fsp3) is 0.368. The first-order valence-corrected chi connectivity index (χ1v) is 10.8. The fourth-order valence-electron chi connectivity index (χ4n) is 2.69. The van der Waals surface area contributed by atoms with Crippen LogP contribution in [-0.4, -0.2) is 47.7 Å². The summed E-state index contributed by atoms with van der Waals surface area (Å²) >= 11 is 11.8. The topological polar surface area (TPSA) is 104 Å². The summed E-state index contributed by atoms with van der Waals surface area (Å²) in [6.07, 6.45) is -1.19. The minimum atomic E-state index is -4.07. The molecule has 0 spiro atoms. The first-order valence-electron chi connectivity index (χ1n) is 8.58. The van der Waals surface area contributed by atoms with Gasteiger partial charge in [0.05, 0.1) is 32.7 Å². The van der Waals surface area contributed by atoms with Crippen molar-refractivity contribution in [2.75, 3.05) is 13.1 Å². The summed E-state index contributed by atoms with van der Waals surface area (Å²) in [5.41, 5.74) is 5.44. The minimum Gasteiger partial charge on any atom is -0.390 e. The van der Waals surface area contributed by atoms with Gasteiger partial charge in [0.25, 0.3) is 0 Å². The molecule has 0 heterocycles. The molecule has 6 nitrogen and oxygen atoms in total. The van der Waals surface area contributed by atoms with Crippen molar-refractivity contribution >= 4 is 33.2 Å². The first kappa shape index (κ1) is 23.1. The summed E-state index contributed by atoms with van der Waals surface area (Å²) in [4.78, 5) is -0.0911. The maximum Gasteiger partial charge on any atom is 0.243 e. The molecule has 0 bridgehead atoms. The van der Waals surface area contributed by atoms with Gasteiger partial charge in [-0.15, -0.1) is 0 Å². The van der Waals surface area contributed by atoms with Crippen LogP contribution in [0.4, 0.5) is 0 Å². The highest BCUT2D eigenvalue weighted by Gasteiger charge is 2.33. The molecular formula is C19H24Cl2N2O4S. The Hall–Kier alpha value is -1.19. The number of hydrogen-bond donors (Lipinski definition) is 3. The SMILES string of the molecule is CC(C)(O)CN(C[C@H](O)[C@@H](N)c1ccccc1)S(=O)(=O)c1ccc(Cl)c(Cl)c1. The van der Waals surface area contributed by atoms with E-state index in [9.17, 15) is 18.6 Å². The predicted molar refractivity (Wildman–Crippen MR) is 111 cm³/mol. The number of rotatable bonds is 8. The molecule has 154 valence electrons. The Bertz CT molecular complexity index is 902. The van der Waals surface area contributed by atoms with Crippen molar-refractivity contribution in [3.8, 4) is 0 Å². The fourth-order valence-corrected chi connectivity index (χ4v) is 4.69. The molecule has 2 aromatic carbocycles. The molecule has 0 fully saturated rings. The van der Waals surface area contributed by atoms with Gasteiger partial charge >= 0.3 is 0 Å². The van der Waals surface area contributed by atoms with Gasteiger partial charge in [0, 0.05) is 13.1 Å². The van der Waals surface area contributed by atoms with E-state index in [2.05, 4.69) is 0 Å². The van der Waals surface area contributed by atoms with Crippen molar-refractivity contribution in [1.82, 2.24) is 4.31 Å². The van der Waals surface area contributed by atoms with Crippen LogP contribution in [0.15, 0.2) is 53.4 Å². The standard InChI is InChI=1S/C19H24Cl2N2O4S/c1-19(2,25)12-23(11-17(24)18(22)13-6-4-3-5-7-13)28(26,27)14-8-9-15(20)16(21)10-14/h3-10,17-18,24-25H,11-12,22H2,1-2H3/t17-,18-/m0/s1. The molecule has 9 heteroatoms. The van der Waals surface area contributed by atoms with Gasteiger partial charge in [-0.1, -0.05) is 53.5 Å². The minimum absolute atomic E-state index is 0.0903. The molecule has 4 N–H and O–H groups in total. The van der Waals surface area contributed by atoms with Crippen LogP contribution in [0.3, 0.4) is 0 Å². The Balaban J connectivity index is 2.34. The molecule has 0 saturated heterocycles. The van der Waals surface area contributed by atoms with Gasteiger partial charge < -0.3 is 15.9 Å². The highest BCUT2D eigenvalue weighted by Crippen LogP contribution is 2.28. The van der Waals surface area contributed by atoms with Crippen LogP contribution in [0.25, 0.3) is 0 Å². The molecule has 28 heavy (non-hydrogen) atoms. The number of nitrogens with zero attached hydrogens (tertiary/aromatic N) is 1. The predicted octanol–water partition coefficient (Wildman–Crippen LogP) is 2.82. The summed E-state index contributed by atoms with van der Waals surface area (Å²) in [7, 11) is -4.07. The number of nitrogens with two attached hydrogens (primary N) is 1. The normalized spacial score (nSPS) is 14.9. The van der Waals surface area contributed by atoms with Crippen LogP contribution in [-0.2, 0) is 10.0 Å². The highest BCUT2D eigenvalue weighted by atomic mass is 35.5. The van der Waals surface area contributed by atoms with Gasteiger partial charge in [-0.3, -0.25) is 0 Å². The maximum atomic E-state index is 13.1. The molecular weight excluding hydrogens is 423 g/mol. The highest BCUT2D eigenvalue weighted by molar-refractivity contribution is 7.89. The van der Waals surface area contributed by atoms with E-state index in [0.29, 0.717) is 5.56 Å². The second-order valence-corrected chi connectivity index (χ2v) is 9.94. The van der Waals surface area contributed by atoms with E-state index >= 15 is 0 Å². The van der Waals surface area contributed by atoms with Crippen molar-refractivity contribution in [3.63, 3.8) is 0 Å². The van der Waals surface area contributed by atoms with Crippen molar-refractivity contribution in [1.29, 1.82) is 0 Å². The van der Waals surface area contributed by atoms with Gasteiger partial charge in [0.1, 0.15) is 0 Å². The largest absolute Gasteiger partial charge is 0.390 e. The van der Waals surface area contributed by atoms with Gasteiger partial charge in [-0.05, 0) is 37.6 Å². The smallest absolute Gasteiger partial charge is 0.243 e. The zero-order valence-corrected chi connectivity index (χ0v) is 17.9. The molecule has 0 aliphatic carbocycles. The Labute approximate surface area is 175 Å². The van der Waals surface area contributed by atoms with E-state index in [-0.39, 0.29) is 28.0 Å². The second kappa shape index (κ2) is 9.09. The molecule has 0 aliphatic rings. The quantitative estimate of drug-likeness (QED) is 0.578. The lowest BCUT2D eigenvalue weighted by atomic mass is 10.0. The number of halogens is 2. The van der Waals surface area contributed by atoms with E-state index in [1.54, 1.807) is 24.3 Å². The Kier molecular flexibility index (Phi) is 7.50. The number of sulfonamides is 1. The zero-order valence-electron chi connectivity index (χ0n) is 15.6. The molecule has 0 saturated carbocycles. The van der Waals surface area contributed by atoms with E-state index in [1.807, 2.05) is 6.07 Å².